The molecule has 30 valence electrons. The molecule has 0 aromatic carbocycles. The molecule has 0 bridgehead atoms. The number of hydrogen-bond acceptors (Lipinski definition) is 0. The normalized spacial score (nSPS) is 4.29. The Labute approximate surface area is 43.5 Å². The van der Waals surface area contributed by atoms with Gasteiger partial charge in [-0.3, -0.25) is 0 Å². The van der Waals surface area contributed by atoms with Gasteiger partial charge in [0.15, 0.2) is 0 Å². The molecule has 0 aromatic heterocycles. The zero-order chi connectivity index (χ0) is 5.54. The Balaban J connectivity index is 3.75. The van der Waals surface area contributed by atoms with E-state index in [1.807, 2.05) is 5.92 Å². The van der Waals surface area contributed by atoms with Crippen LogP contribution in [0.2, 0.25) is 0 Å². The third-order valence-corrected chi connectivity index (χ3v) is 0.309. The van der Waals surface area contributed by atoms with Crippen LogP contribution in [-0.2, 0) is 0 Å². The molecule has 0 unspecified atom stereocenters. The average molecular weight is 87.1 g/mol. The summed E-state index contributed by atoms with van der Waals surface area (Å²) in [6.07, 6.45) is 7.72. The van der Waals surface area contributed by atoms with Crippen molar-refractivity contribution in [3.05, 3.63) is 24.8 Å². The number of allylic oxidation sites excluding steroid dienone is 1. The van der Waals surface area contributed by atoms with E-state index in [4.69, 9.17) is 6.42 Å². The van der Waals surface area contributed by atoms with Crippen LogP contribution in [-0.4, -0.2) is 0 Å². The van der Waals surface area contributed by atoms with E-state index in [0.29, 0.717) is 0 Å². The molecule has 0 radical (unpaired) electrons. The fraction of sp³-hybridized carbons (Fsp3) is 0. The van der Waals surface area contributed by atoms with Gasteiger partial charge in [0.05, 0.1) is 0 Å². The predicted octanol–water partition coefficient (Wildman–Crippen LogP) is 0.921. The molecule has 0 saturated heterocycles. The van der Waals surface area contributed by atoms with Gasteiger partial charge >= 0.3 is 42.6 Å². The van der Waals surface area contributed by atoms with E-state index in [1.165, 1.54) is 6.08 Å². The molecular weight excluding hydrogens is 84.1 g/mol. The summed E-state index contributed by atoms with van der Waals surface area (Å²) in [5.74, 6) is 6.59. The van der Waals surface area contributed by atoms with Gasteiger partial charge in [-0.2, -0.15) is 0 Å². The number of hydrogen-bond donors (Lipinski definition) is 0. The summed E-state index contributed by atoms with van der Waals surface area (Å²) in [6, 6.07) is 0. The van der Waals surface area contributed by atoms with Crippen LogP contribution in [0.25, 0.3) is 0 Å². The molecule has 0 rings (SSSR count). The molecule has 0 aliphatic heterocycles. The summed E-state index contributed by atoms with van der Waals surface area (Å²) in [6.45, 7) is 3.26. The molecule has 0 aliphatic rings. The Kier molecular flexibility index (Phi) is 4.07. The Morgan fingerprint density at radius 1 is 1.57 bits per heavy atom. The van der Waals surface area contributed by atoms with E-state index in [9.17, 15) is 0 Å². The summed E-state index contributed by atoms with van der Waals surface area (Å²) in [5, 5.41) is 0. The van der Waals surface area contributed by atoms with Crippen LogP contribution in [0.5, 0.6) is 0 Å². The van der Waals surface area contributed by atoms with Crippen molar-refractivity contribution in [2.45, 2.75) is 0 Å². The van der Waals surface area contributed by atoms with Crippen molar-refractivity contribution >= 4 is 0 Å². The summed E-state index contributed by atoms with van der Waals surface area (Å²) in [4.78, 5) is 0. The third-order valence-electron chi connectivity index (χ3n) is 0.309. The second-order valence-electron chi connectivity index (χ2n) is 0.743. The van der Waals surface area contributed by atoms with E-state index < -0.39 is 0 Å². The van der Waals surface area contributed by atoms with Crippen molar-refractivity contribution in [3.8, 4) is 17.8 Å². The molecule has 0 N–H and O–H groups in total. The van der Waals surface area contributed by atoms with E-state index in [1.54, 1.807) is 0 Å². The van der Waals surface area contributed by atoms with Gasteiger partial charge in [-0.15, -0.1) is 0 Å². The van der Waals surface area contributed by atoms with Crippen molar-refractivity contribution < 1.29 is 0 Å². The second kappa shape index (κ2) is 4.86. The van der Waals surface area contributed by atoms with E-state index >= 15 is 0 Å². The SMILES string of the molecule is [C+]#CC#CC=C=C. The molecule has 0 heteroatoms. The molecule has 0 nitrogen and oxygen atoms in total. The molecule has 0 fully saturated rings. The van der Waals surface area contributed by atoms with Crippen molar-refractivity contribution in [1.82, 2.24) is 0 Å². The zero-order valence-corrected chi connectivity index (χ0v) is 3.78. The minimum atomic E-state index is 1.43. The van der Waals surface area contributed by atoms with Gasteiger partial charge < -0.3 is 0 Å². The van der Waals surface area contributed by atoms with Crippen LogP contribution in [0, 0.1) is 24.2 Å². The Morgan fingerprint density at radius 3 is 2.71 bits per heavy atom. The van der Waals surface area contributed by atoms with Crippen molar-refractivity contribution in [2.75, 3.05) is 0 Å². The number of rotatable bonds is 0. The van der Waals surface area contributed by atoms with Gasteiger partial charge in [0.25, 0.3) is 0 Å². The standard InChI is InChI=1S/C7H3/c1-3-5-7-6-4-2/h5H,1H2/q+1. The van der Waals surface area contributed by atoms with E-state index in [0.717, 1.165) is 0 Å². The molecule has 0 spiro atoms. The first-order chi connectivity index (χ1) is 3.41. The van der Waals surface area contributed by atoms with Crippen molar-refractivity contribution in [1.29, 1.82) is 0 Å². The summed E-state index contributed by atoms with van der Waals surface area (Å²) in [7, 11) is 0. The Hall–Kier alpha value is -1.14. The fourth-order valence-corrected chi connectivity index (χ4v) is 0.123. The molecule has 0 atom stereocenters. The molecule has 7 heavy (non-hydrogen) atoms. The summed E-state index contributed by atoms with van der Waals surface area (Å²) in [5.41, 5.74) is 2.43. The summed E-state index contributed by atoms with van der Waals surface area (Å²) >= 11 is 0. The van der Waals surface area contributed by atoms with E-state index in [2.05, 4.69) is 24.2 Å². The van der Waals surface area contributed by atoms with E-state index in [-0.39, 0.29) is 0 Å². The Bertz CT molecular complexity index is 174. The van der Waals surface area contributed by atoms with Gasteiger partial charge in [-0.25, -0.2) is 0 Å². The molecular formula is C7H3+. The maximum atomic E-state index is 6.29. The van der Waals surface area contributed by atoms with Crippen molar-refractivity contribution in [2.24, 2.45) is 0 Å². The van der Waals surface area contributed by atoms with Crippen LogP contribution in [0.3, 0.4) is 0 Å². The van der Waals surface area contributed by atoms with Gasteiger partial charge in [0.1, 0.15) is 0 Å². The summed E-state index contributed by atoms with van der Waals surface area (Å²) < 4.78 is 0. The first-order valence-electron chi connectivity index (χ1n) is 1.68. The first kappa shape index (κ1) is 5.86. The monoisotopic (exact) mass is 87.0 g/mol. The molecule has 0 heterocycles. The van der Waals surface area contributed by atoms with Crippen LogP contribution >= 0.6 is 0 Å². The maximum absolute atomic E-state index is 6.29. The Morgan fingerprint density at radius 2 is 2.29 bits per heavy atom. The van der Waals surface area contributed by atoms with Crippen LogP contribution in [0.15, 0.2) is 18.4 Å². The van der Waals surface area contributed by atoms with Gasteiger partial charge in [-0.05, 0) is 0 Å². The second-order valence-corrected chi connectivity index (χ2v) is 0.743. The fourth-order valence-electron chi connectivity index (χ4n) is 0.123. The first-order valence-corrected chi connectivity index (χ1v) is 1.68. The third kappa shape index (κ3) is 4.86. The quantitative estimate of drug-likeness (QED) is 0.234. The van der Waals surface area contributed by atoms with Crippen LogP contribution in [0.1, 0.15) is 0 Å². The topological polar surface area (TPSA) is 0 Å². The molecule has 0 aromatic rings. The van der Waals surface area contributed by atoms with Gasteiger partial charge in [0, 0.05) is 0 Å². The van der Waals surface area contributed by atoms with Crippen LogP contribution in [0.4, 0.5) is 0 Å². The predicted molar refractivity (Wildman–Crippen MR) is 28.6 cm³/mol. The van der Waals surface area contributed by atoms with Crippen LogP contribution < -0.4 is 0 Å². The van der Waals surface area contributed by atoms with Crippen molar-refractivity contribution in [3.63, 3.8) is 0 Å². The zero-order valence-electron chi connectivity index (χ0n) is 3.78. The minimum absolute atomic E-state index is 1.43. The molecule has 0 saturated carbocycles. The van der Waals surface area contributed by atoms with Gasteiger partial charge in [-0.1, -0.05) is 0 Å². The molecule has 0 amide bonds. The van der Waals surface area contributed by atoms with Gasteiger partial charge in [0.2, 0.25) is 0 Å². The average Bonchev–Trinajstić information content (AvgIpc) is 1.69. The molecule has 0 aliphatic carbocycles.